The quantitative estimate of drug-likeness (QED) is 0.536. The van der Waals surface area contributed by atoms with E-state index in [0.717, 1.165) is 29.7 Å². The molecule has 4 heterocycles. The maximum absolute atomic E-state index is 12.7. The summed E-state index contributed by atoms with van der Waals surface area (Å²) >= 11 is 0. The zero-order chi connectivity index (χ0) is 21.2. The van der Waals surface area contributed by atoms with E-state index in [1.165, 1.54) is 0 Å². The number of ether oxygens (including phenoxy) is 2. The van der Waals surface area contributed by atoms with Crippen molar-refractivity contribution in [3.05, 3.63) is 70.5 Å². The largest absolute Gasteiger partial charge is 0.495 e. The summed E-state index contributed by atoms with van der Waals surface area (Å²) in [4.78, 5) is 24.9. The molecule has 1 aromatic carbocycles. The molecule has 0 aliphatic carbocycles. The van der Waals surface area contributed by atoms with E-state index in [4.69, 9.17) is 14.5 Å². The van der Waals surface area contributed by atoms with Crippen LogP contribution in [0.1, 0.15) is 30.3 Å². The van der Waals surface area contributed by atoms with E-state index >= 15 is 0 Å². The van der Waals surface area contributed by atoms with Gasteiger partial charge in [0.05, 0.1) is 31.2 Å². The molecule has 1 aliphatic heterocycles. The number of H-pyrrole nitrogens is 1. The number of hydrogen-bond acceptors (Lipinski definition) is 6. The Morgan fingerprint density at radius 1 is 1.16 bits per heavy atom. The maximum atomic E-state index is 12.7. The lowest BCUT2D eigenvalue weighted by Gasteiger charge is -2.22. The predicted octanol–water partition coefficient (Wildman–Crippen LogP) is 3.13. The minimum Gasteiger partial charge on any atom is -0.495 e. The molecule has 0 atom stereocenters. The molecule has 1 fully saturated rings. The number of hydrogen-bond donors (Lipinski definition) is 1. The molecule has 8 heteroatoms. The highest BCUT2D eigenvalue weighted by Crippen LogP contribution is 2.26. The summed E-state index contributed by atoms with van der Waals surface area (Å²) in [6.45, 7) is 1.40. The van der Waals surface area contributed by atoms with Crippen molar-refractivity contribution in [3.8, 4) is 17.0 Å². The molecule has 0 unspecified atom stereocenters. The highest BCUT2D eigenvalue weighted by molar-refractivity contribution is 5.73. The molecule has 5 rings (SSSR count). The van der Waals surface area contributed by atoms with Crippen LogP contribution in [0.4, 0.5) is 0 Å². The molecule has 0 saturated carbocycles. The van der Waals surface area contributed by atoms with E-state index in [2.05, 4.69) is 15.1 Å². The molecule has 1 aliphatic rings. The van der Waals surface area contributed by atoms with Crippen molar-refractivity contribution in [1.82, 2.24) is 24.7 Å². The number of nitrogens with zero attached hydrogens (tertiary/aromatic N) is 4. The third-order valence-corrected chi connectivity index (χ3v) is 5.67. The Labute approximate surface area is 178 Å². The first kappa shape index (κ1) is 19.4. The summed E-state index contributed by atoms with van der Waals surface area (Å²) < 4.78 is 12.6. The van der Waals surface area contributed by atoms with Gasteiger partial charge in [0.25, 0.3) is 5.56 Å². The molecule has 0 bridgehead atoms. The summed E-state index contributed by atoms with van der Waals surface area (Å²) in [5.41, 5.74) is 3.32. The average molecular weight is 417 g/mol. The fraction of sp³-hybridized carbons (Fsp3) is 0.304. The van der Waals surface area contributed by atoms with Crippen molar-refractivity contribution in [3.63, 3.8) is 0 Å². The molecule has 0 amide bonds. The van der Waals surface area contributed by atoms with E-state index < -0.39 is 0 Å². The van der Waals surface area contributed by atoms with E-state index in [1.54, 1.807) is 19.5 Å². The van der Waals surface area contributed by atoms with Crippen LogP contribution in [0.3, 0.4) is 0 Å². The Kier molecular flexibility index (Phi) is 5.21. The van der Waals surface area contributed by atoms with Crippen molar-refractivity contribution in [2.45, 2.75) is 25.3 Å². The van der Waals surface area contributed by atoms with E-state index in [-0.39, 0.29) is 11.6 Å². The summed E-state index contributed by atoms with van der Waals surface area (Å²) in [6, 6.07) is 12.0. The van der Waals surface area contributed by atoms with Crippen molar-refractivity contribution >= 4 is 11.0 Å². The van der Waals surface area contributed by atoms with Gasteiger partial charge in [0.2, 0.25) is 0 Å². The first-order valence-electron chi connectivity index (χ1n) is 10.4. The Balaban J connectivity index is 1.51. The van der Waals surface area contributed by atoms with Crippen LogP contribution >= 0.6 is 0 Å². The lowest BCUT2D eigenvalue weighted by Crippen LogP contribution is -2.21. The lowest BCUT2D eigenvalue weighted by molar-refractivity contribution is 0.0673. The molecular weight excluding hydrogens is 394 g/mol. The predicted molar refractivity (Wildman–Crippen MR) is 116 cm³/mol. The highest BCUT2D eigenvalue weighted by atomic mass is 16.5. The minimum atomic E-state index is -0.168. The number of benzene rings is 1. The van der Waals surface area contributed by atoms with Gasteiger partial charge in [0, 0.05) is 25.2 Å². The van der Waals surface area contributed by atoms with Gasteiger partial charge in [-0.3, -0.25) is 9.78 Å². The van der Waals surface area contributed by atoms with Crippen LogP contribution in [0.15, 0.2) is 53.6 Å². The number of nitrogens with one attached hydrogen (secondary N) is 1. The first-order valence-corrected chi connectivity index (χ1v) is 10.4. The number of fused-ring (bicyclic) bond motifs is 1. The maximum Gasteiger partial charge on any atom is 0.262 e. The van der Waals surface area contributed by atoms with Crippen molar-refractivity contribution in [2.75, 3.05) is 20.3 Å². The Morgan fingerprint density at radius 3 is 2.77 bits per heavy atom. The molecule has 3 aromatic heterocycles. The molecule has 1 saturated heterocycles. The van der Waals surface area contributed by atoms with Crippen LogP contribution in [0.25, 0.3) is 22.3 Å². The van der Waals surface area contributed by atoms with Gasteiger partial charge in [0.1, 0.15) is 17.0 Å². The van der Waals surface area contributed by atoms with Crippen LogP contribution in [-0.4, -0.2) is 45.1 Å². The van der Waals surface area contributed by atoms with E-state index in [0.29, 0.717) is 42.2 Å². The van der Waals surface area contributed by atoms with Gasteiger partial charge in [-0.2, -0.15) is 5.10 Å². The van der Waals surface area contributed by atoms with Crippen LogP contribution in [0.2, 0.25) is 0 Å². The van der Waals surface area contributed by atoms with E-state index in [1.807, 2.05) is 41.1 Å². The van der Waals surface area contributed by atoms with Gasteiger partial charge in [-0.05, 0) is 30.5 Å². The number of aromatic nitrogens is 5. The zero-order valence-corrected chi connectivity index (χ0v) is 17.2. The SMILES string of the molecule is COc1ccc(-c2ccccc2Cc2nc3c(cnn3C3CCOCC3)c(=O)[nH]2)nc1. The van der Waals surface area contributed by atoms with Gasteiger partial charge in [-0.15, -0.1) is 0 Å². The summed E-state index contributed by atoms with van der Waals surface area (Å²) in [7, 11) is 1.62. The normalized spacial score (nSPS) is 14.7. The monoisotopic (exact) mass is 417 g/mol. The van der Waals surface area contributed by atoms with Gasteiger partial charge >= 0.3 is 0 Å². The third-order valence-electron chi connectivity index (χ3n) is 5.67. The summed E-state index contributed by atoms with van der Waals surface area (Å²) in [5.74, 6) is 1.31. The molecule has 0 radical (unpaired) electrons. The van der Waals surface area contributed by atoms with Crippen LogP contribution in [0, 0.1) is 0 Å². The molecule has 8 nitrogen and oxygen atoms in total. The van der Waals surface area contributed by atoms with Gasteiger partial charge in [-0.25, -0.2) is 9.67 Å². The Morgan fingerprint density at radius 2 is 2.00 bits per heavy atom. The van der Waals surface area contributed by atoms with E-state index in [9.17, 15) is 4.79 Å². The van der Waals surface area contributed by atoms with Crippen molar-refractivity contribution in [1.29, 1.82) is 0 Å². The molecule has 0 spiro atoms. The summed E-state index contributed by atoms with van der Waals surface area (Å²) in [5, 5.41) is 4.98. The van der Waals surface area contributed by atoms with Gasteiger partial charge < -0.3 is 14.5 Å². The molecule has 4 aromatic rings. The van der Waals surface area contributed by atoms with Gasteiger partial charge in [0.15, 0.2) is 5.65 Å². The third kappa shape index (κ3) is 3.82. The molecule has 31 heavy (non-hydrogen) atoms. The van der Waals surface area contributed by atoms with Crippen LogP contribution < -0.4 is 10.3 Å². The van der Waals surface area contributed by atoms with Crippen LogP contribution in [-0.2, 0) is 11.2 Å². The molecule has 158 valence electrons. The lowest BCUT2D eigenvalue weighted by atomic mass is 10.0. The summed E-state index contributed by atoms with van der Waals surface area (Å²) in [6.07, 6.45) is 5.52. The molecular formula is C23H23N5O3. The molecule has 1 N–H and O–H groups in total. The fourth-order valence-electron chi connectivity index (χ4n) is 4.03. The first-order chi connectivity index (χ1) is 15.2. The number of methoxy groups -OCH3 is 1. The number of pyridine rings is 1. The van der Waals surface area contributed by atoms with Crippen LogP contribution in [0.5, 0.6) is 5.75 Å². The second-order valence-corrected chi connectivity index (χ2v) is 7.60. The van der Waals surface area contributed by atoms with Crippen molar-refractivity contribution in [2.24, 2.45) is 0 Å². The fourth-order valence-corrected chi connectivity index (χ4v) is 4.03. The topological polar surface area (TPSA) is 94.9 Å². The minimum absolute atomic E-state index is 0.168. The van der Waals surface area contributed by atoms with Crippen molar-refractivity contribution < 1.29 is 9.47 Å². The van der Waals surface area contributed by atoms with Gasteiger partial charge in [-0.1, -0.05) is 24.3 Å². The smallest absolute Gasteiger partial charge is 0.262 e. The standard InChI is InChI=1S/C23H23N5O3/c1-30-17-6-7-20(24-13-17)18-5-3-2-4-15(18)12-21-26-22-19(23(29)27-21)14-25-28(22)16-8-10-31-11-9-16/h2-7,13-14,16H,8-12H2,1H3,(H,26,27,29). The Bertz CT molecular complexity index is 1260. The second-order valence-electron chi connectivity index (χ2n) is 7.60. The average Bonchev–Trinajstić information content (AvgIpc) is 3.25. The zero-order valence-electron chi connectivity index (χ0n) is 17.2. The number of aromatic amines is 1. The highest BCUT2D eigenvalue weighted by Gasteiger charge is 2.21. The Hall–Kier alpha value is -3.52. The second kappa shape index (κ2) is 8.31. The number of rotatable bonds is 5.